The quantitative estimate of drug-likeness (QED) is 0.113. The Hall–Kier alpha value is -4.00. The lowest BCUT2D eigenvalue weighted by Crippen LogP contribution is -1.99. The minimum atomic E-state index is 0.652. The Bertz CT molecular complexity index is 1160. The average Bonchev–Trinajstić information content (AvgIpc) is 3.02. The second-order valence-corrected chi connectivity index (χ2v) is 10.2. The molecule has 0 saturated carbocycles. The summed E-state index contributed by atoms with van der Waals surface area (Å²) in [5, 5.41) is 0. The SMILES string of the molecule is CCCCCCCOc1cnc(-c2ccc(Oc3ccc(-c4ncc(OCCCCCCC)cn4)cc3)cc2)nc1. The summed E-state index contributed by atoms with van der Waals surface area (Å²) in [6.07, 6.45) is 19.0. The molecule has 7 heteroatoms. The fourth-order valence-corrected chi connectivity index (χ4v) is 4.35. The molecule has 0 spiro atoms. The van der Waals surface area contributed by atoms with E-state index in [1.54, 1.807) is 24.8 Å². The summed E-state index contributed by atoms with van der Waals surface area (Å²) in [6.45, 7) is 5.84. The largest absolute Gasteiger partial charge is 0.490 e. The van der Waals surface area contributed by atoms with Gasteiger partial charge in [-0.3, -0.25) is 0 Å². The van der Waals surface area contributed by atoms with E-state index in [-0.39, 0.29) is 0 Å². The minimum Gasteiger partial charge on any atom is -0.490 e. The smallest absolute Gasteiger partial charge is 0.159 e. The Balaban J connectivity index is 1.23. The molecule has 0 N–H and O–H groups in total. The van der Waals surface area contributed by atoms with Crippen LogP contribution in [0.1, 0.15) is 78.1 Å². The van der Waals surface area contributed by atoms with Crippen LogP contribution in [0, 0.1) is 0 Å². The van der Waals surface area contributed by atoms with Crippen LogP contribution in [0.2, 0.25) is 0 Å². The summed E-state index contributed by atoms with van der Waals surface area (Å²) in [5.41, 5.74) is 1.83. The van der Waals surface area contributed by atoms with E-state index in [4.69, 9.17) is 14.2 Å². The number of aromatic nitrogens is 4. The highest BCUT2D eigenvalue weighted by Gasteiger charge is 2.06. The summed E-state index contributed by atoms with van der Waals surface area (Å²) in [6, 6.07) is 15.5. The van der Waals surface area contributed by atoms with Gasteiger partial charge in [-0.15, -0.1) is 0 Å². The Labute approximate surface area is 244 Å². The van der Waals surface area contributed by atoms with E-state index in [2.05, 4.69) is 33.8 Å². The van der Waals surface area contributed by atoms with Crippen molar-refractivity contribution in [1.82, 2.24) is 19.9 Å². The van der Waals surface area contributed by atoms with Crippen molar-refractivity contribution in [1.29, 1.82) is 0 Å². The van der Waals surface area contributed by atoms with E-state index in [0.717, 1.165) is 35.5 Å². The van der Waals surface area contributed by atoms with Gasteiger partial charge in [0.1, 0.15) is 11.5 Å². The third-order valence-electron chi connectivity index (χ3n) is 6.75. The third-order valence-corrected chi connectivity index (χ3v) is 6.75. The zero-order valence-electron chi connectivity index (χ0n) is 24.4. The van der Waals surface area contributed by atoms with Crippen molar-refractivity contribution in [3.8, 4) is 45.8 Å². The molecule has 0 amide bonds. The number of ether oxygens (including phenoxy) is 3. The number of unbranched alkanes of at least 4 members (excludes halogenated alkanes) is 8. The van der Waals surface area contributed by atoms with Gasteiger partial charge in [-0.25, -0.2) is 19.9 Å². The van der Waals surface area contributed by atoms with Crippen molar-refractivity contribution >= 4 is 0 Å². The molecule has 0 aliphatic heterocycles. The summed E-state index contributed by atoms with van der Waals surface area (Å²) in [5.74, 6) is 4.18. The van der Waals surface area contributed by atoms with Crippen LogP contribution < -0.4 is 14.2 Å². The van der Waals surface area contributed by atoms with Crippen molar-refractivity contribution in [2.45, 2.75) is 78.1 Å². The molecule has 4 rings (SSSR count). The van der Waals surface area contributed by atoms with Crippen molar-refractivity contribution in [3.05, 3.63) is 73.3 Å². The predicted molar refractivity (Wildman–Crippen MR) is 164 cm³/mol. The molecule has 7 nitrogen and oxygen atoms in total. The highest BCUT2D eigenvalue weighted by atomic mass is 16.5. The fourth-order valence-electron chi connectivity index (χ4n) is 4.35. The molecule has 0 atom stereocenters. The number of hydrogen-bond acceptors (Lipinski definition) is 7. The normalized spacial score (nSPS) is 10.9. The van der Waals surface area contributed by atoms with Gasteiger partial charge < -0.3 is 14.2 Å². The van der Waals surface area contributed by atoms with Crippen molar-refractivity contribution < 1.29 is 14.2 Å². The lowest BCUT2D eigenvalue weighted by atomic mass is 10.2. The Kier molecular flexibility index (Phi) is 12.4. The van der Waals surface area contributed by atoms with E-state index in [1.165, 1.54) is 51.4 Å². The van der Waals surface area contributed by atoms with Crippen LogP contribution in [0.3, 0.4) is 0 Å². The molecule has 216 valence electrons. The number of nitrogens with zero attached hydrogens (tertiary/aromatic N) is 4. The van der Waals surface area contributed by atoms with Crippen LogP contribution in [0.25, 0.3) is 22.8 Å². The van der Waals surface area contributed by atoms with Crippen molar-refractivity contribution in [3.63, 3.8) is 0 Å². The molecule has 0 bridgehead atoms. The van der Waals surface area contributed by atoms with E-state index in [1.807, 2.05) is 48.5 Å². The zero-order valence-corrected chi connectivity index (χ0v) is 24.4. The molecule has 2 aromatic heterocycles. The molecular formula is C34H42N4O3. The zero-order chi connectivity index (χ0) is 28.5. The fraction of sp³-hybridized carbons (Fsp3) is 0.412. The lowest BCUT2D eigenvalue weighted by Gasteiger charge is -2.09. The highest BCUT2D eigenvalue weighted by Crippen LogP contribution is 2.27. The molecule has 0 aliphatic rings. The first-order valence-corrected chi connectivity index (χ1v) is 15.0. The van der Waals surface area contributed by atoms with Gasteiger partial charge in [-0.1, -0.05) is 65.2 Å². The van der Waals surface area contributed by atoms with Gasteiger partial charge in [-0.2, -0.15) is 0 Å². The van der Waals surface area contributed by atoms with Gasteiger partial charge in [0, 0.05) is 11.1 Å². The maximum atomic E-state index is 6.04. The minimum absolute atomic E-state index is 0.652. The van der Waals surface area contributed by atoms with E-state index in [0.29, 0.717) is 36.4 Å². The lowest BCUT2D eigenvalue weighted by molar-refractivity contribution is 0.302. The highest BCUT2D eigenvalue weighted by molar-refractivity contribution is 5.58. The Morgan fingerprint density at radius 3 is 1.17 bits per heavy atom. The van der Waals surface area contributed by atoms with Gasteiger partial charge in [0.25, 0.3) is 0 Å². The van der Waals surface area contributed by atoms with Crippen molar-refractivity contribution in [2.75, 3.05) is 13.2 Å². The van der Waals surface area contributed by atoms with Crippen LogP contribution >= 0.6 is 0 Å². The van der Waals surface area contributed by atoms with Gasteiger partial charge in [0.15, 0.2) is 23.1 Å². The second-order valence-electron chi connectivity index (χ2n) is 10.2. The maximum absolute atomic E-state index is 6.04. The first-order chi connectivity index (χ1) is 20.2. The molecule has 0 saturated heterocycles. The van der Waals surface area contributed by atoms with Crippen LogP contribution in [-0.2, 0) is 0 Å². The third kappa shape index (κ3) is 10.2. The monoisotopic (exact) mass is 554 g/mol. The Morgan fingerprint density at radius 2 is 0.805 bits per heavy atom. The number of hydrogen-bond donors (Lipinski definition) is 0. The van der Waals surface area contributed by atoms with Crippen LogP contribution in [-0.4, -0.2) is 33.1 Å². The van der Waals surface area contributed by atoms with Gasteiger partial charge >= 0.3 is 0 Å². The predicted octanol–water partition coefficient (Wildman–Crippen LogP) is 9.09. The number of rotatable bonds is 18. The molecular weight excluding hydrogens is 512 g/mol. The standard InChI is InChI=1S/C34H42N4O3/c1-3-5-7-9-11-21-39-31-23-35-33(36-24-31)27-13-17-29(18-14-27)41-30-19-15-28(16-20-30)34-37-25-32(26-38-34)40-22-12-10-8-6-4-2/h13-20,23-26H,3-12,21-22H2,1-2H3. The van der Waals surface area contributed by atoms with Crippen molar-refractivity contribution in [2.24, 2.45) is 0 Å². The summed E-state index contributed by atoms with van der Waals surface area (Å²) >= 11 is 0. The summed E-state index contributed by atoms with van der Waals surface area (Å²) in [7, 11) is 0. The molecule has 41 heavy (non-hydrogen) atoms. The van der Waals surface area contributed by atoms with Crippen LogP contribution in [0.5, 0.6) is 23.0 Å². The van der Waals surface area contributed by atoms with E-state index < -0.39 is 0 Å². The maximum Gasteiger partial charge on any atom is 0.159 e. The van der Waals surface area contributed by atoms with E-state index in [9.17, 15) is 0 Å². The summed E-state index contributed by atoms with van der Waals surface area (Å²) < 4.78 is 17.6. The molecule has 4 aromatic rings. The average molecular weight is 555 g/mol. The van der Waals surface area contributed by atoms with Gasteiger partial charge in [0.2, 0.25) is 0 Å². The van der Waals surface area contributed by atoms with Gasteiger partial charge in [-0.05, 0) is 61.4 Å². The van der Waals surface area contributed by atoms with Crippen LogP contribution in [0.15, 0.2) is 73.3 Å². The number of benzene rings is 2. The first kappa shape index (κ1) is 30.0. The molecule has 0 aliphatic carbocycles. The second kappa shape index (κ2) is 17.0. The topological polar surface area (TPSA) is 79.2 Å². The molecule has 0 fully saturated rings. The van der Waals surface area contributed by atoms with E-state index >= 15 is 0 Å². The molecule has 2 heterocycles. The molecule has 0 radical (unpaired) electrons. The molecule has 0 unspecified atom stereocenters. The Morgan fingerprint density at radius 1 is 0.439 bits per heavy atom. The first-order valence-electron chi connectivity index (χ1n) is 15.0. The van der Waals surface area contributed by atoms with Gasteiger partial charge in [0.05, 0.1) is 38.0 Å². The molecule has 2 aromatic carbocycles. The van der Waals surface area contributed by atoms with Crippen LogP contribution in [0.4, 0.5) is 0 Å². The summed E-state index contributed by atoms with van der Waals surface area (Å²) in [4.78, 5) is 17.9.